The lowest BCUT2D eigenvalue weighted by atomic mass is 9.96. The molecule has 0 bridgehead atoms. The van der Waals surface area contributed by atoms with Gasteiger partial charge in [-0.2, -0.15) is 5.26 Å². The number of nitrogens with one attached hydrogen (secondary N) is 1. The summed E-state index contributed by atoms with van der Waals surface area (Å²) < 4.78 is 5.87. The first-order valence-electron chi connectivity index (χ1n) is 11.2. The van der Waals surface area contributed by atoms with Gasteiger partial charge in [-0.15, -0.1) is 0 Å². The average molecular weight is 454 g/mol. The van der Waals surface area contributed by atoms with Gasteiger partial charge in [-0.3, -0.25) is 9.78 Å². The minimum Gasteiger partial charge on any atom is -0.457 e. The van der Waals surface area contributed by atoms with Gasteiger partial charge in [0.15, 0.2) is 0 Å². The molecule has 1 aliphatic heterocycles. The van der Waals surface area contributed by atoms with E-state index in [0.29, 0.717) is 30.1 Å². The fourth-order valence-electron chi connectivity index (χ4n) is 4.13. The zero-order chi connectivity index (χ0) is 23.9. The normalized spacial score (nSPS) is 16.2. The van der Waals surface area contributed by atoms with Gasteiger partial charge in [0.25, 0.3) is 0 Å². The van der Waals surface area contributed by atoms with Crippen molar-refractivity contribution in [3.63, 3.8) is 0 Å². The van der Waals surface area contributed by atoms with Gasteiger partial charge in [-0.25, -0.2) is 0 Å². The van der Waals surface area contributed by atoms with E-state index in [1.54, 1.807) is 11.1 Å². The molecule has 1 aliphatic rings. The van der Waals surface area contributed by atoms with Gasteiger partial charge in [0.1, 0.15) is 17.6 Å². The van der Waals surface area contributed by atoms with Crippen LogP contribution in [0.4, 0.5) is 5.69 Å². The number of nitrogens with zero attached hydrogens (tertiary/aromatic N) is 3. The number of benzene rings is 2. The van der Waals surface area contributed by atoms with Gasteiger partial charge in [0.05, 0.1) is 17.3 Å². The van der Waals surface area contributed by atoms with E-state index in [1.165, 1.54) is 12.3 Å². The highest BCUT2D eigenvalue weighted by atomic mass is 16.5. The molecular weight excluding hydrogens is 426 g/mol. The second kappa shape index (κ2) is 10.6. The second-order valence-electron chi connectivity index (χ2n) is 8.20. The maximum atomic E-state index is 12.1. The largest absolute Gasteiger partial charge is 0.457 e. The summed E-state index contributed by atoms with van der Waals surface area (Å²) in [5.74, 6) is 1.38. The maximum absolute atomic E-state index is 12.1. The van der Waals surface area contributed by atoms with Crippen LogP contribution in [0.5, 0.6) is 11.5 Å². The fraction of sp³-hybridized carbons (Fsp3) is 0.222. The van der Waals surface area contributed by atoms with Gasteiger partial charge in [0.2, 0.25) is 5.91 Å². The van der Waals surface area contributed by atoms with Crippen LogP contribution in [0.2, 0.25) is 0 Å². The number of pyridine rings is 1. The van der Waals surface area contributed by atoms with Crippen molar-refractivity contribution >= 4 is 11.6 Å². The van der Waals surface area contributed by atoms with E-state index in [9.17, 15) is 10.1 Å². The molecule has 1 amide bonds. The minimum absolute atomic E-state index is 0.000233. The number of carbonyl (C=O) groups is 1. The van der Waals surface area contributed by atoms with Crippen LogP contribution < -0.4 is 15.8 Å². The zero-order valence-corrected chi connectivity index (χ0v) is 18.9. The van der Waals surface area contributed by atoms with Crippen molar-refractivity contribution in [3.8, 4) is 17.6 Å². The Kier molecular flexibility index (Phi) is 7.21. The fourth-order valence-corrected chi connectivity index (χ4v) is 4.13. The highest BCUT2D eigenvalue weighted by Gasteiger charge is 2.25. The minimum atomic E-state index is -0.497. The number of amides is 1. The Bertz CT molecular complexity index is 1190. The third kappa shape index (κ3) is 5.25. The van der Waals surface area contributed by atoms with Crippen LogP contribution in [0.1, 0.15) is 35.6 Å². The number of nitrogens with two attached hydrogens (primary N) is 1. The molecule has 1 saturated heterocycles. The molecular formula is C27H27N5O2. The lowest BCUT2D eigenvalue weighted by Crippen LogP contribution is -2.44. The van der Waals surface area contributed by atoms with Gasteiger partial charge >= 0.3 is 0 Å². The van der Waals surface area contributed by atoms with Crippen molar-refractivity contribution in [1.82, 2.24) is 9.88 Å². The predicted molar refractivity (Wildman–Crippen MR) is 131 cm³/mol. The van der Waals surface area contributed by atoms with Crippen LogP contribution >= 0.6 is 0 Å². The summed E-state index contributed by atoms with van der Waals surface area (Å²) in [4.78, 5) is 18.1. The first-order valence-corrected chi connectivity index (χ1v) is 11.2. The number of rotatable bonds is 7. The molecule has 2 heterocycles. The number of hydrogen-bond acceptors (Lipinski definition) is 6. The number of nitriles is 1. The van der Waals surface area contributed by atoms with Crippen LogP contribution in [0.3, 0.4) is 0 Å². The molecule has 1 fully saturated rings. The van der Waals surface area contributed by atoms with Crippen LogP contribution in [0.15, 0.2) is 79.6 Å². The molecule has 3 aromatic rings. The zero-order valence-electron chi connectivity index (χ0n) is 18.9. The lowest BCUT2D eigenvalue weighted by Gasteiger charge is -2.34. The van der Waals surface area contributed by atoms with Crippen molar-refractivity contribution in [2.24, 2.45) is 5.73 Å². The van der Waals surface area contributed by atoms with E-state index in [-0.39, 0.29) is 11.9 Å². The highest BCUT2D eigenvalue weighted by molar-refractivity contribution is 5.87. The summed E-state index contributed by atoms with van der Waals surface area (Å²) in [6, 6.07) is 18.9. The molecule has 0 radical (unpaired) electrons. The molecule has 2 aromatic carbocycles. The summed E-state index contributed by atoms with van der Waals surface area (Å²) in [6.07, 6.45) is 6.31. The lowest BCUT2D eigenvalue weighted by molar-refractivity contribution is -0.127. The molecule has 1 aromatic heterocycles. The number of hydrogen-bond donors (Lipinski definition) is 2. The molecule has 172 valence electrons. The van der Waals surface area contributed by atoms with Gasteiger partial charge < -0.3 is 20.7 Å². The summed E-state index contributed by atoms with van der Waals surface area (Å²) in [5.41, 5.74) is 9.31. The average Bonchev–Trinajstić information content (AvgIpc) is 2.89. The number of aromatic nitrogens is 1. The summed E-state index contributed by atoms with van der Waals surface area (Å²) in [6.45, 7) is 4.83. The van der Waals surface area contributed by atoms with E-state index in [0.717, 1.165) is 29.7 Å². The number of ether oxygens (including phenoxy) is 1. The van der Waals surface area contributed by atoms with Gasteiger partial charge in [0, 0.05) is 37.1 Å². The predicted octanol–water partition coefficient (Wildman–Crippen LogP) is 4.38. The van der Waals surface area contributed by atoms with Crippen molar-refractivity contribution in [2.75, 3.05) is 18.4 Å². The topological polar surface area (TPSA) is 104 Å². The van der Waals surface area contributed by atoms with Crippen molar-refractivity contribution in [2.45, 2.75) is 24.9 Å². The summed E-state index contributed by atoms with van der Waals surface area (Å²) in [5, 5.41) is 13.2. The Morgan fingerprint density at radius 2 is 1.94 bits per heavy atom. The summed E-state index contributed by atoms with van der Waals surface area (Å²) in [7, 11) is 0. The van der Waals surface area contributed by atoms with Crippen molar-refractivity contribution < 1.29 is 9.53 Å². The SMILES string of the molecule is C=CC(=O)N1CCCC(Nc2c(C#N)cncc2C(N)c2ccc(Oc3ccccc3)cc2)C1. The van der Waals surface area contributed by atoms with Crippen molar-refractivity contribution in [1.29, 1.82) is 5.26 Å². The number of piperidine rings is 1. The van der Waals surface area contributed by atoms with Gasteiger partial charge in [-0.1, -0.05) is 36.9 Å². The Morgan fingerprint density at radius 1 is 1.21 bits per heavy atom. The van der Waals surface area contributed by atoms with E-state index >= 15 is 0 Å². The maximum Gasteiger partial charge on any atom is 0.246 e. The van der Waals surface area contributed by atoms with Crippen LogP contribution in [-0.4, -0.2) is 34.9 Å². The third-order valence-electron chi connectivity index (χ3n) is 5.91. The van der Waals surface area contributed by atoms with E-state index in [4.69, 9.17) is 10.5 Å². The number of carbonyl (C=O) groups excluding carboxylic acids is 1. The Morgan fingerprint density at radius 3 is 2.65 bits per heavy atom. The Labute approximate surface area is 199 Å². The number of likely N-dealkylation sites (tertiary alicyclic amines) is 1. The van der Waals surface area contributed by atoms with Gasteiger partial charge in [-0.05, 0) is 48.7 Å². The number of para-hydroxylation sites is 1. The molecule has 0 aliphatic carbocycles. The van der Waals surface area contributed by atoms with E-state index in [2.05, 4.69) is 22.9 Å². The molecule has 4 rings (SSSR count). The standard InChI is InChI=1S/C27H27N5O2/c1-2-25(33)32-14-6-7-21(18-32)31-27-20(15-28)16-30-17-24(27)26(29)19-10-12-23(13-11-19)34-22-8-4-3-5-9-22/h2-5,8-13,16-17,21,26H,1,6-7,14,18,29H2,(H,30,31). The first kappa shape index (κ1) is 23.0. The molecule has 7 heteroatoms. The van der Waals surface area contributed by atoms with Crippen LogP contribution in [-0.2, 0) is 4.79 Å². The molecule has 3 N–H and O–H groups in total. The van der Waals surface area contributed by atoms with E-state index in [1.807, 2.05) is 54.6 Å². The molecule has 0 spiro atoms. The quantitative estimate of drug-likeness (QED) is 0.515. The smallest absolute Gasteiger partial charge is 0.246 e. The van der Waals surface area contributed by atoms with Crippen molar-refractivity contribution in [3.05, 3.63) is 96.3 Å². The first-order chi connectivity index (χ1) is 16.6. The number of anilines is 1. The van der Waals surface area contributed by atoms with Crippen LogP contribution in [0, 0.1) is 11.3 Å². The highest BCUT2D eigenvalue weighted by Crippen LogP contribution is 2.31. The molecule has 2 unspecified atom stereocenters. The molecule has 0 saturated carbocycles. The molecule has 7 nitrogen and oxygen atoms in total. The monoisotopic (exact) mass is 453 g/mol. The summed E-state index contributed by atoms with van der Waals surface area (Å²) >= 11 is 0. The Hall–Kier alpha value is -4.15. The Balaban J connectivity index is 1.55. The van der Waals surface area contributed by atoms with Crippen LogP contribution in [0.25, 0.3) is 0 Å². The third-order valence-corrected chi connectivity index (χ3v) is 5.91. The molecule has 2 atom stereocenters. The second-order valence-corrected chi connectivity index (χ2v) is 8.20. The van der Waals surface area contributed by atoms with E-state index < -0.39 is 6.04 Å². The molecule has 34 heavy (non-hydrogen) atoms.